The van der Waals surface area contributed by atoms with E-state index in [0.717, 1.165) is 0 Å². The van der Waals surface area contributed by atoms with Crippen LogP contribution in [0, 0.1) is 11.2 Å². The first-order valence-corrected chi connectivity index (χ1v) is 6.85. The lowest BCUT2D eigenvalue weighted by molar-refractivity contribution is -0.153. The zero-order chi connectivity index (χ0) is 14.2. The summed E-state index contributed by atoms with van der Waals surface area (Å²) in [5, 5.41) is 0. The SMILES string of the molecule is CC1(C)CC(=O)N(Cc2cccc(F)c2Br)C(=O)C1. The minimum atomic E-state index is -0.394. The zero-order valence-electron chi connectivity index (χ0n) is 10.9. The molecule has 0 spiro atoms. The van der Waals surface area contributed by atoms with E-state index in [-0.39, 0.29) is 23.8 Å². The first-order valence-electron chi connectivity index (χ1n) is 6.06. The van der Waals surface area contributed by atoms with Gasteiger partial charge < -0.3 is 0 Å². The van der Waals surface area contributed by atoms with Crippen molar-refractivity contribution in [3.63, 3.8) is 0 Å². The highest BCUT2D eigenvalue weighted by molar-refractivity contribution is 9.10. The van der Waals surface area contributed by atoms with E-state index in [1.807, 2.05) is 13.8 Å². The fourth-order valence-electron chi connectivity index (χ4n) is 2.23. The number of rotatable bonds is 2. The van der Waals surface area contributed by atoms with Gasteiger partial charge in [0, 0.05) is 12.8 Å². The van der Waals surface area contributed by atoms with E-state index in [9.17, 15) is 14.0 Å². The van der Waals surface area contributed by atoms with Crippen molar-refractivity contribution in [2.24, 2.45) is 5.41 Å². The van der Waals surface area contributed by atoms with Gasteiger partial charge in [0.25, 0.3) is 0 Å². The number of nitrogens with zero attached hydrogens (tertiary/aromatic N) is 1. The van der Waals surface area contributed by atoms with Crippen molar-refractivity contribution in [3.05, 3.63) is 34.1 Å². The molecule has 2 amide bonds. The molecule has 102 valence electrons. The van der Waals surface area contributed by atoms with Crippen LogP contribution in [0.2, 0.25) is 0 Å². The third kappa shape index (κ3) is 3.03. The van der Waals surface area contributed by atoms with E-state index >= 15 is 0 Å². The van der Waals surface area contributed by atoms with Crippen LogP contribution >= 0.6 is 15.9 Å². The predicted octanol–water partition coefficient (Wildman–Crippen LogP) is 3.26. The van der Waals surface area contributed by atoms with Gasteiger partial charge in [0.05, 0.1) is 11.0 Å². The molecule has 0 unspecified atom stereocenters. The molecule has 0 aromatic heterocycles. The highest BCUT2D eigenvalue weighted by Crippen LogP contribution is 2.33. The highest BCUT2D eigenvalue weighted by atomic mass is 79.9. The second-order valence-electron chi connectivity index (χ2n) is 5.60. The lowest BCUT2D eigenvalue weighted by Gasteiger charge is -2.34. The Kier molecular flexibility index (Phi) is 3.76. The third-order valence-electron chi connectivity index (χ3n) is 3.22. The first kappa shape index (κ1) is 14.2. The Balaban J connectivity index is 2.22. The summed E-state index contributed by atoms with van der Waals surface area (Å²) < 4.78 is 13.7. The molecule has 0 bridgehead atoms. The summed E-state index contributed by atoms with van der Waals surface area (Å²) in [5.41, 5.74) is 0.311. The molecule has 1 fully saturated rings. The van der Waals surface area contributed by atoms with E-state index < -0.39 is 5.82 Å². The Bertz CT molecular complexity index is 522. The zero-order valence-corrected chi connectivity index (χ0v) is 12.5. The van der Waals surface area contributed by atoms with Crippen LogP contribution in [-0.2, 0) is 16.1 Å². The lowest BCUT2D eigenvalue weighted by atomic mass is 9.81. The number of piperidine rings is 1. The Morgan fingerprint density at radius 2 is 1.84 bits per heavy atom. The van der Waals surface area contributed by atoms with E-state index in [0.29, 0.717) is 22.9 Å². The van der Waals surface area contributed by atoms with Crippen molar-refractivity contribution in [1.29, 1.82) is 0 Å². The average Bonchev–Trinajstić information content (AvgIpc) is 2.27. The summed E-state index contributed by atoms with van der Waals surface area (Å²) in [6.07, 6.45) is 0.678. The van der Waals surface area contributed by atoms with Crippen LogP contribution in [0.5, 0.6) is 0 Å². The second kappa shape index (κ2) is 5.04. The molecule has 1 aliphatic heterocycles. The number of carbonyl (C=O) groups excluding carboxylic acids is 2. The van der Waals surface area contributed by atoms with Crippen LogP contribution in [0.25, 0.3) is 0 Å². The topological polar surface area (TPSA) is 37.4 Å². The molecule has 1 aliphatic rings. The van der Waals surface area contributed by atoms with Gasteiger partial charge in [-0.3, -0.25) is 14.5 Å². The predicted molar refractivity (Wildman–Crippen MR) is 72.7 cm³/mol. The molecule has 1 aromatic rings. The van der Waals surface area contributed by atoms with Gasteiger partial charge in [0.1, 0.15) is 5.82 Å². The molecule has 19 heavy (non-hydrogen) atoms. The van der Waals surface area contributed by atoms with Crippen molar-refractivity contribution < 1.29 is 14.0 Å². The minimum Gasteiger partial charge on any atom is -0.278 e. The van der Waals surface area contributed by atoms with E-state index in [1.54, 1.807) is 12.1 Å². The van der Waals surface area contributed by atoms with Crippen LogP contribution in [0.4, 0.5) is 4.39 Å². The van der Waals surface area contributed by atoms with Gasteiger partial charge in [-0.1, -0.05) is 26.0 Å². The van der Waals surface area contributed by atoms with Gasteiger partial charge >= 0.3 is 0 Å². The average molecular weight is 328 g/mol. The summed E-state index contributed by atoms with van der Waals surface area (Å²) in [5.74, 6) is -0.787. The summed E-state index contributed by atoms with van der Waals surface area (Å²) >= 11 is 3.15. The summed E-state index contributed by atoms with van der Waals surface area (Å²) in [7, 11) is 0. The van der Waals surface area contributed by atoms with Gasteiger partial charge in [-0.25, -0.2) is 4.39 Å². The van der Waals surface area contributed by atoms with Gasteiger partial charge in [-0.2, -0.15) is 0 Å². The number of benzene rings is 1. The van der Waals surface area contributed by atoms with Crippen molar-refractivity contribution in [3.8, 4) is 0 Å². The summed E-state index contributed by atoms with van der Waals surface area (Å²) in [6.45, 7) is 3.92. The number of hydrogen-bond acceptors (Lipinski definition) is 2. The lowest BCUT2D eigenvalue weighted by Crippen LogP contribution is -2.45. The molecule has 0 aliphatic carbocycles. The molecule has 2 rings (SSSR count). The van der Waals surface area contributed by atoms with E-state index in [1.165, 1.54) is 11.0 Å². The molecule has 0 saturated carbocycles. The molecule has 1 heterocycles. The Hall–Kier alpha value is -1.23. The Morgan fingerprint density at radius 1 is 1.26 bits per heavy atom. The van der Waals surface area contributed by atoms with Crippen LogP contribution in [-0.4, -0.2) is 16.7 Å². The fraction of sp³-hybridized carbons (Fsp3) is 0.429. The second-order valence-corrected chi connectivity index (χ2v) is 6.40. The van der Waals surface area contributed by atoms with Gasteiger partial charge in [0.15, 0.2) is 0 Å². The van der Waals surface area contributed by atoms with Crippen LogP contribution < -0.4 is 0 Å². The number of hydrogen-bond donors (Lipinski definition) is 0. The van der Waals surface area contributed by atoms with Crippen molar-refractivity contribution in [2.45, 2.75) is 33.2 Å². The highest BCUT2D eigenvalue weighted by Gasteiger charge is 2.37. The molecule has 0 radical (unpaired) electrons. The quantitative estimate of drug-likeness (QED) is 0.782. The van der Waals surface area contributed by atoms with Crippen LogP contribution in [0.15, 0.2) is 22.7 Å². The minimum absolute atomic E-state index is 0.117. The number of carbonyl (C=O) groups is 2. The summed E-state index contributed by atoms with van der Waals surface area (Å²) in [6, 6.07) is 4.60. The molecule has 5 heteroatoms. The smallest absolute Gasteiger partial charge is 0.230 e. The molecular formula is C14H15BrFNO2. The molecule has 0 N–H and O–H groups in total. The number of halogens is 2. The molecule has 3 nitrogen and oxygen atoms in total. The van der Waals surface area contributed by atoms with E-state index in [4.69, 9.17) is 0 Å². The van der Waals surface area contributed by atoms with Gasteiger partial charge in [-0.05, 0) is 33.0 Å². The van der Waals surface area contributed by atoms with Crippen LogP contribution in [0.3, 0.4) is 0 Å². The van der Waals surface area contributed by atoms with Crippen LogP contribution in [0.1, 0.15) is 32.3 Å². The monoisotopic (exact) mass is 327 g/mol. The molecular weight excluding hydrogens is 313 g/mol. The number of amides is 2. The maximum Gasteiger partial charge on any atom is 0.230 e. The van der Waals surface area contributed by atoms with Gasteiger partial charge in [-0.15, -0.1) is 0 Å². The maximum atomic E-state index is 13.4. The molecule has 1 aromatic carbocycles. The van der Waals surface area contributed by atoms with Crippen molar-refractivity contribution >= 4 is 27.7 Å². The number of imide groups is 1. The van der Waals surface area contributed by atoms with Gasteiger partial charge in [0.2, 0.25) is 11.8 Å². The maximum absolute atomic E-state index is 13.4. The largest absolute Gasteiger partial charge is 0.278 e. The fourth-order valence-corrected chi connectivity index (χ4v) is 2.62. The third-order valence-corrected chi connectivity index (χ3v) is 4.11. The summed E-state index contributed by atoms with van der Waals surface area (Å²) in [4.78, 5) is 25.2. The Morgan fingerprint density at radius 3 is 2.42 bits per heavy atom. The van der Waals surface area contributed by atoms with Crippen molar-refractivity contribution in [1.82, 2.24) is 4.90 Å². The van der Waals surface area contributed by atoms with Crippen molar-refractivity contribution in [2.75, 3.05) is 0 Å². The van der Waals surface area contributed by atoms with E-state index in [2.05, 4.69) is 15.9 Å². The first-order chi connectivity index (χ1) is 8.80. The molecule has 0 atom stereocenters. The number of likely N-dealkylation sites (tertiary alicyclic amines) is 1. The Labute approximate surface area is 119 Å². The normalized spacial score (nSPS) is 18.8. The standard InChI is InChI=1S/C14H15BrFNO2/c1-14(2)6-11(18)17(12(19)7-14)8-9-4-3-5-10(16)13(9)15/h3-5H,6-8H2,1-2H3. The molecule has 1 saturated heterocycles.